The molecule has 0 saturated heterocycles. The van der Waals surface area contributed by atoms with Gasteiger partial charge in [-0.15, -0.1) is 74.9 Å². The molecule has 0 bridgehead atoms. The van der Waals surface area contributed by atoms with Crippen molar-refractivity contribution in [1.29, 1.82) is 0 Å². The first-order valence-electron chi connectivity index (χ1n) is 14.8. The molecule has 0 spiro atoms. The van der Waals surface area contributed by atoms with E-state index in [4.69, 9.17) is 0 Å². The SMILES string of the molecule is CCCCCCP(CCCCCC)c1cc2ccccc2[cH-]1.Cc1cc2c(-c3ccccc3)cccc2[cH-]1.[Cl-].[Cl-].[Zr+4]. The fourth-order valence-corrected chi connectivity index (χ4v) is 7.99. The second kappa shape index (κ2) is 20.6. The Hall–Kier alpha value is -1.23. The van der Waals surface area contributed by atoms with Gasteiger partial charge in [-0.2, -0.15) is 12.1 Å². The smallest absolute Gasteiger partial charge is 1.00 e. The number of unbranched alkanes of at least 4 members (excludes halogenated alkanes) is 6. The Labute approximate surface area is 282 Å². The van der Waals surface area contributed by atoms with Crippen molar-refractivity contribution in [2.24, 2.45) is 0 Å². The van der Waals surface area contributed by atoms with Gasteiger partial charge in [0, 0.05) is 0 Å². The Morgan fingerprint density at radius 1 is 0.610 bits per heavy atom. The van der Waals surface area contributed by atoms with Crippen molar-refractivity contribution < 1.29 is 51.0 Å². The van der Waals surface area contributed by atoms with E-state index >= 15 is 0 Å². The van der Waals surface area contributed by atoms with Crippen molar-refractivity contribution >= 4 is 34.8 Å². The Morgan fingerprint density at radius 2 is 1.22 bits per heavy atom. The third-order valence-corrected chi connectivity index (χ3v) is 10.2. The van der Waals surface area contributed by atoms with E-state index in [-0.39, 0.29) is 58.9 Å². The van der Waals surface area contributed by atoms with Crippen molar-refractivity contribution in [2.45, 2.75) is 72.1 Å². The van der Waals surface area contributed by atoms with E-state index in [9.17, 15) is 0 Å². The van der Waals surface area contributed by atoms with Crippen LogP contribution in [-0.4, -0.2) is 12.3 Å². The van der Waals surface area contributed by atoms with Gasteiger partial charge in [0.1, 0.15) is 0 Å². The fourth-order valence-electron chi connectivity index (χ4n) is 5.40. The third kappa shape index (κ3) is 11.4. The van der Waals surface area contributed by atoms with E-state index in [1.807, 2.05) is 0 Å². The van der Waals surface area contributed by atoms with Crippen molar-refractivity contribution in [1.82, 2.24) is 0 Å². The standard InChI is InChI=1S/C21H32P.C16H13.2ClH.Zr/c1-3-5-7-11-15-22(16-12-8-6-4-2)21-17-19-13-9-10-14-20(19)18-21;1-12-10-14-8-5-9-15(16(14)11-12)13-6-3-2-4-7-13;;;/h9-10,13-14,17-18H,3-8,11-12,15-16H2,1-2H3;2-11H,1H3;2*1H;/q2*-1;;;+4/p-2. The maximum Gasteiger partial charge on any atom is 4.00 e. The fraction of sp³-hybridized carbons (Fsp3) is 0.351. The van der Waals surface area contributed by atoms with Gasteiger partial charge in [-0.1, -0.05) is 115 Å². The monoisotopic (exact) mass is 680 g/mol. The van der Waals surface area contributed by atoms with Crippen LogP contribution in [0.5, 0.6) is 0 Å². The minimum absolute atomic E-state index is 0. The van der Waals surface area contributed by atoms with Gasteiger partial charge in [-0.25, -0.2) is 0 Å². The molecule has 0 aliphatic heterocycles. The maximum atomic E-state index is 2.47. The molecule has 216 valence electrons. The van der Waals surface area contributed by atoms with Crippen LogP contribution in [0.1, 0.15) is 70.8 Å². The number of benzene rings is 3. The average Bonchev–Trinajstić information content (AvgIpc) is 3.55. The number of fused-ring (bicyclic) bond motifs is 2. The van der Waals surface area contributed by atoms with Gasteiger partial charge in [-0.05, 0) is 30.7 Å². The van der Waals surface area contributed by atoms with Crippen LogP contribution < -0.4 is 30.1 Å². The summed E-state index contributed by atoms with van der Waals surface area (Å²) in [7, 11) is 0.0642. The summed E-state index contributed by atoms with van der Waals surface area (Å²) in [6.45, 7) is 6.75. The molecule has 0 amide bonds. The first-order valence-corrected chi connectivity index (χ1v) is 16.5. The van der Waals surface area contributed by atoms with Crippen molar-refractivity contribution in [3.05, 3.63) is 103 Å². The summed E-state index contributed by atoms with van der Waals surface area (Å²) in [5.41, 5.74) is 3.95. The summed E-state index contributed by atoms with van der Waals surface area (Å²) < 4.78 is 0. The van der Waals surface area contributed by atoms with Gasteiger partial charge in [0.15, 0.2) is 0 Å². The molecule has 41 heavy (non-hydrogen) atoms. The zero-order valence-electron chi connectivity index (χ0n) is 25.0. The molecule has 0 heterocycles. The van der Waals surface area contributed by atoms with Crippen LogP contribution >= 0.6 is 7.92 Å². The predicted octanol–water partition coefficient (Wildman–Crippen LogP) is 5.37. The summed E-state index contributed by atoms with van der Waals surface area (Å²) in [5, 5.41) is 7.22. The topological polar surface area (TPSA) is 0 Å². The van der Waals surface area contributed by atoms with Crippen molar-refractivity contribution in [3.63, 3.8) is 0 Å². The van der Waals surface area contributed by atoms with E-state index < -0.39 is 0 Å². The van der Waals surface area contributed by atoms with E-state index in [0.29, 0.717) is 0 Å². The summed E-state index contributed by atoms with van der Waals surface area (Å²) in [5.74, 6) is 0. The van der Waals surface area contributed by atoms with Crippen LogP contribution in [-0.2, 0) is 26.2 Å². The summed E-state index contributed by atoms with van der Waals surface area (Å²) >= 11 is 0. The molecule has 0 aromatic heterocycles. The Bertz CT molecular complexity index is 1330. The predicted molar refractivity (Wildman–Crippen MR) is 174 cm³/mol. The summed E-state index contributed by atoms with van der Waals surface area (Å²) in [6.07, 6.45) is 14.1. The quantitative estimate of drug-likeness (QED) is 0.0945. The second-order valence-corrected chi connectivity index (χ2v) is 13.1. The number of hydrogen-bond donors (Lipinski definition) is 0. The number of rotatable bonds is 12. The number of hydrogen-bond acceptors (Lipinski definition) is 0. The van der Waals surface area contributed by atoms with Gasteiger partial charge >= 0.3 is 26.2 Å². The van der Waals surface area contributed by atoms with Crippen LogP contribution in [0.15, 0.2) is 97.1 Å². The first-order chi connectivity index (χ1) is 18.7. The maximum absolute atomic E-state index is 2.47. The molecule has 5 aromatic rings. The zero-order valence-corrected chi connectivity index (χ0v) is 29.9. The van der Waals surface area contributed by atoms with Gasteiger partial charge in [0.2, 0.25) is 0 Å². The number of aryl methyl sites for hydroxylation is 1. The molecule has 0 atom stereocenters. The van der Waals surface area contributed by atoms with Crippen LogP contribution in [0.25, 0.3) is 32.7 Å². The molecule has 0 aliphatic rings. The molecule has 4 heteroatoms. The van der Waals surface area contributed by atoms with Crippen LogP contribution in [0.2, 0.25) is 0 Å². The molecule has 0 nitrogen and oxygen atoms in total. The number of halogens is 2. The van der Waals surface area contributed by atoms with Gasteiger partial charge in [-0.3, -0.25) is 0 Å². The molecule has 5 aromatic carbocycles. The van der Waals surface area contributed by atoms with Crippen LogP contribution in [0, 0.1) is 6.92 Å². The Morgan fingerprint density at radius 3 is 1.85 bits per heavy atom. The van der Waals surface area contributed by atoms with Gasteiger partial charge in [0.25, 0.3) is 0 Å². The molecular formula is C37H45Cl2PZr. The molecule has 0 saturated carbocycles. The minimum atomic E-state index is 0. The molecule has 0 aliphatic carbocycles. The van der Waals surface area contributed by atoms with Crippen molar-refractivity contribution in [3.8, 4) is 11.1 Å². The molecule has 5 rings (SSSR count). The van der Waals surface area contributed by atoms with Gasteiger partial charge < -0.3 is 24.8 Å². The average molecular weight is 683 g/mol. The van der Waals surface area contributed by atoms with Crippen molar-refractivity contribution in [2.75, 3.05) is 12.3 Å². The minimum Gasteiger partial charge on any atom is -1.00 e. The molecule has 0 unspecified atom stereocenters. The molecule has 0 N–H and O–H groups in total. The Kier molecular flexibility index (Phi) is 19.0. The summed E-state index contributed by atoms with van der Waals surface area (Å²) in [6, 6.07) is 35.4. The molecule has 0 radical (unpaired) electrons. The third-order valence-electron chi connectivity index (χ3n) is 7.51. The second-order valence-electron chi connectivity index (χ2n) is 10.7. The zero-order chi connectivity index (χ0) is 26.6. The normalized spacial score (nSPS) is 10.4. The van der Waals surface area contributed by atoms with Crippen LogP contribution in [0.3, 0.4) is 0 Å². The van der Waals surface area contributed by atoms with E-state index in [1.165, 1.54) is 102 Å². The largest absolute Gasteiger partial charge is 4.00 e. The van der Waals surface area contributed by atoms with E-state index in [0.717, 1.165) is 0 Å². The van der Waals surface area contributed by atoms with E-state index in [1.54, 1.807) is 5.30 Å². The van der Waals surface area contributed by atoms with E-state index in [2.05, 4.69) is 118 Å². The molecular weight excluding hydrogens is 638 g/mol. The molecule has 0 fully saturated rings. The Balaban J connectivity index is 0.000000396. The first kappa shape index (κ1) is 37.8. The van der Waals surface area contributed by atoms with Crippen LogP contribution in [0.4, 0.5) is 0 Å². The summed E-state index contributed by atoms with van der Waals surface area (Å²) in [4.78, 5) is 0. The van der Waals surface area contributed by atoms with Gasteiger partial charge in [0.05, 0.1) is 0 Å².